The second kappa shape index (κ2) is 8.41. The van der Waals surface area contributed by atoms with Crippen molar-refractivity contribution < 1.29 is 13.6 Å². The van der Waals surface area contributed by atoms with Crippen LogP contribution in [0.1, 0.15) is 19.8 Å². The fourth-order valence-corrected chi connectivity index (χ4v) is 2.62. The first-order chi connectivity index (χ1) is 9.95. The van der Waals surface area contributed by atoms with E-state index in [2.05, 4.69) is 5.32 Å². The maximum atomic E-state index is 13.4. The number of benzene rings is 1. The Morgan fingerprint density at radius 2 is 2.05 bits per heavy atom. The van der Waals surface area contributed by atoms with E-state index in [4.69, 9.17) is 5.73 Å². The van der Waals surface area contributed by atoms with Crippen molar-refractivity contribution in [1.82, 2.24) is 4.90 Å². The molecule has 1 aromatic carbocycles. The summed E-state index contributed by atoms with van der Waals surface area (Å²) in [7, 11) is 0. The van der Waals surface area contributed by atoms with E-state index in [9.17, 15) is 13.6 Å². The van der Waals surface area contributed by atoms with Crippen molar-refractivity contribution in [1.29, 1.82) is 0 Å². The molecule has 1 fully saturated rings. The summed E-state index contributed by atoms with van der Waals surface area (Å²) in [5.74, 6) is -1.06. The predicted molar refractivity (Wildman–Crippen MR) is 85.0 cm³/mol. The van der Waals surface area contributed by atoms with Crippen LogP contribution in [0.25, 0.3) is 0 Å². The first kappa shape index (κ1) is 18.8. The molecule has 7 heteroatoms. The Morgan fingerprint density at radius 3 is 2.64 bits per heavy atom. The number of hydrogen-bond acceptors (Lipinski definition) is 3. The number of likely N-dealkylation sites (tertiary alicyclic amines) is 1. The topological polar surface area (TPSA) is 58.4 Å². The number of nitrogens with one attached hydrogen (secondary N) is 1. The average Bonchev–Trinajstić information content (AvgIpc) is 2.43. The number of nitrogens with two attached hydrogens (primary N) is 1. The predicted octanol–water partition coefficient (Wildman–Crippen LogP) is 2.38. The summed E-state index contributed by atoms with van der Waals surface area (Å²) in [5, 5.41) is 2.41. The van der Waals surface area contributed by atoms with Gasteiger partial charge in [0.2, 0.25) is 5.91 Å². The molecule has 124 valence electrons. The van der Waals surface area contributed by atoms with Crippen LogP contribution in [0.2, 0.25) is 0 Å². The van der Waals surface area contributed by atoms with E-state index in [0.717, 1.165) is 44.1 Å². The molecular weight excluding hydrogens is 312 g/mol. The van der Waals surface area contributed by atoms with Crippen molar-refractivity contribution in [2.45, 2.75) is 25.8 Å². The van der Waals surface area contributed by atoms with Crippen LogP contribution in [0.15, 0.2) is 18.2 Å². The maximum absolute atomic E-state index is 13.4. The van der Waals surface area contributed by atoms with E-state index in [1.165, 1.54) is 0 Å². The van der Waals surface area contributed by atoms with Crippen molar-refractivity contribution in [3.63, 3.8) is 0 Å². The number of carbonyl (C=O) groups excluding carboxylic acids is 1. The normalized spacial score (nSPS) is 17.6. The zero-order valence-electron chi connectivity index (χ0n) is 12.5. The highest BCUT2D eigenvalue weighted by Crippen LogP contribution is 2.20. The Morgan fingerprint density at radius 1 is 1.41 bits per heavy atom. The van der Waals surface area contributed by atoms with Gasteiger partial charge < -0.3 is 11.1 Å². The van der Waals surface area contributed by atoms with Crippen LogP contribution in [0.3, 0.4) is 0 Å². The van der Waals surface area contributed by atoms with Gasteiger partial charge in [0.25, 0.3) is 0 Å². The second-order valence-corrected chi connectivity index (χ2v) is 5.65. The number of carbonyl (C=O) groups is 1. The summed E-state index contributed by atoms with van der Waals surface area (Å²) in [6.07, 6.45) is 1.92. The molecule has 0 aromatic heterocycles. The van der Waals surface area contributed by atoms with Gasteiger partial charge in [0.1, 0.15) is 11.6 Å². The molecule has 1 amide bonds. The SMILES string of the molecule is CC(N)C1CCN(CC(=O)Nc2cc(F)ccc2F)CC1.Cl. The average molecular weight is 334 g/mol. The summed E-state index contributed by atoms with van der Waals surface area (Å²) in [4.78, 5) is 13.9. The third-order valence-corrected chi connectivity index (χ3v) is 3.95. The largest absolute Gasteiger partial charge is 0.328 e. The van der Waals surface area contributed by atoms with Gasteiger partial charge in [0, 0.05) is 12.1 Å². The minimum Gasteiger partial charge on any atom is -0.328 e. The van der Waals surface area contributed by atoms with Gasteiger partial charge in [-0.25, -0.2) is 8.78 Å². The molecule has 1 aliphatic rings. The minimum atomic E-state index is -0.639. The van der Waals surface area contributed by atoms with Crippen LogP contribution >= 0.6 is 12.4 Å². The Bertz CT molecular complexity index is 506. The number of hydrogen-bond donors (Lipinski definition) is 2. The minimum absolute atomic E-state index is 0. The summed E-state index contributed by atoms with van der Waals surface area (Å²) < 4.78 is 26.5. The van der Waals surface area contributed by atoms with Gasteiger partial charge in [-0.3, -0.25) is 9.69 Å². The first-order valence-electron chi connectivity index (χ1n) is 7.18. The number of nitrogens with zero attached hydrogens (tertiary/aromatic N) is 1. The Balaban J connectivity index is 0.00000242. The van der Waals surface area contributed by atoms with Gasteiger partial charge in [-0.2, -0.15) is 0 Å². The van der Waals surface area contributed by atoms with Crippen molar-refractivity contribution >= 4 is 24.0 Å². The molecular formula is C15H22ClF2N3O. The van der Waals surface area contributed by atoms with Crippen molar-refractivity contribution in [2.24, 2.45) is 11.7 Å². The number of anilines is 1. The van der Waals surface area contributed by atoms with Gasteiger partial charge in [-0.15, -0.1) is 12.4 Å². The summed E-state index contributed by atoms with van der Waals surface area (Å²) >= 11 is 0. The third kappa shape index (κ3) is 5.19. The van der Waals surface area contributed by atoms with Crippen molar-refractivity contribution in [2.75, 3.05) is 25.0 Å². The monoisotopic (exact) mass is 333 g/mol. The number of rotatable bonds is 4. The fraction of sp³-hybridized carbons (Fsp3) is 0.533. The van der Waals surface area contributed by atoms with Crippen LogP contribution in [-0.4, -0.2) is 36.5 Å². The van der Waals surface area contributed by atoms with Gasteiger partial charge in [0.05, 0.1) is 12.2 Å². The summed E-state index contributed by atoms with van der Waals surface area (Å²) in [6, 6.07) is 3.17. The molecule has 4 nitrogen and oxygen atoms in total. The molecule has 1 aliphatic heterocycles. The van der Waals surface area contributed by atoms with E-state index < -0.39 is 11.6 Å². The molecule has 1 saturated heterocycles. The van der Waals surface area contributed by atoms with Crippen molar-refractivity contribution in [3.8, 4) is 0 Å². The molecule has 1 atom stereocenters. The third-order valence-electron chi connectivity index (χ3n) is 3.95. The molecule has 0 spiro atoms. The molecule has 0 bridgehead atoms. The second-order valence-electron chi connectivity index (χ2n) is 5.65. The number of amides is 1. The number of piperidine rings is 1. The maximum Gasteiger partial charge on any atom is 0.238 e. The van der Waals surface area contributed by atoms with E-state index in [1.54, 1.807) is 0 Å². The smallest absolute Gasteiger partial charge is 0.238 e. The Hall–Kier alpha value is -1.24. The molecule has 1 heterocycles. The van der Waals surface area contributed by atoms with Crippen LogP contribution in [0.5, 0.6) is 0 Å². The first-order valence-corrected chi connectivity index (χ1v) is 7.18. The summed E-state index contributed by atoms with van der Waals surface area (Å²) in [5.41, 5.74) is 5.75. The van der Waals surface area contributed by atoms with E-state index in [-0.39, 0.29) is 36.6 Å². The fourth-order valence-electron chi connectivity index (χ4n) is 2.62. The van der Waals surface area contributed by atoms with Crippen LogP contribution in [-0.2, 0) is 4.79 Å². The molecule has 22 heavy (non-hydrogen) atoms. The summed E-state index contributed by atoms with van der Waals surface area (Å²) in [6.45, 7) is 3.78. The quantitative estimate of drug-likeness (QED) is 0.889. The molecule has 2 rings (SSSR count). The molecule has 1 aromatic rings. The van der Waals surface area contributed by atoms with Gasteiger partial charge in [-0.05, 0) is 50.9 Å². The lowest BCUT2D eigenvalue weighted by Gasteiger charge is -2.33. The lowest BCUT2D eigenvalue weighted by Crippen LogP contribution is -2.42. The zero-order valence-corrected chi connectivity index (χ0v) is 13.3. The highest BCUT2D eigenvalue weighted by Gasteiger charge is 2.23. The molecule has 0 radical (unpaired) electrons. The van der Waals surface area contributed by atoms with Crippen LogP contribution in [0.4, 0.5) is 14.5 Å². The van der Waals surface area contributed by atoms with Gasteiger partial charge in [0.15, 0.2) is 0 Å². The highest BCUT2D eigenvalue weighted by molar-refractivity contribution is 5.92. The highest BCUT2D eigenvalue weighted by atomic mass is 35.5. The van der Waals surface area contributed by atoms with Gasteiger partial charge >= 0.3 is 0 Å². The van der Waals surface area contributed by atoms with Gasteiger partial charge in [-0.1, -0.05) is 0 Å². The zero-order chi connectivity index (χ0) is 15.4. The van der Waals surface area contributed by atoms with E-state index >= 15 is 0 Å². The molecule has 0 aliphatic carbocycles. The Kier molecular flexibility index (Phi) is 7.19. The van der Waals surface area contributed by atoms with E-state index in [0.29, 0.717) is 5.92 Å². The van der Waals surface area contributed by atoms with Crippen LogP contribution < -0.4 is 11.1 Å². The molecule has 0 saturated carbocycles. The Labute approximate surface area is 135 Å². The lowest BCUT2D eigenvalue weighted by molar-refractivity contribution is -0.117. The standard InChI is InChI=1S/C15H21F2N3O.ClH/c1-10(18)11-4-6-20(7-5-11)9-15(21)19-14-8-12(16)2-3-13(14)17;/h2-3,8,10-11H,4-7,9,18H2,1H3,(H,19,21);1H. The molecule has 1 unspecified atom stereocenters. The van der Waals surface area contributed by atoms with Crippen molar-refractivity contribution in [3.05, 3.63) is 29.8 Å². The lowest BCUT2D eigenvalue weighted by atomic mass is 9.91. The van der Waals surface area contributed by atoms with Crippen LogP contribution in [0, 0.1) is 17.6 Å². The van der Waals surface area contributed by atoms with E-state index in [1.807, 2.05) is 11.8 Å². The number of halogens is 3. The molecule has 3 N–H and O–H groups in total.